The maximum atomic E-state index is 13.2. The van der Waals surface area contributed by atoms with Gasteiger partial charge in [-0.3, -0.25) is 4.79 Å². The van der Waals surface area contributed by atoms with E-state index in [0.717, 1.165) is 11.1 Å². The standard InChI is InChI=1S/C23H27NO3/c1-15(2)17-8-10-18(11-9-17)22-21(20(26)14-24(22)12-13-25)23(27)19-6-4-16(3)5-7-19/h4-11,14-15,21-22,25-26H,12-13H2,1-3H3. The van der Waals surface area contributed by atoms with Crippen LogP contribution in [0.1, 0.15) is 52.9 Å². The molecule has 2 N–H and O–H groups in total. The van der Waals surface area contributed by atoms with Crippen LogP contribution in [0.5, 0.6) is 0 Å². The number of ketones is 1. The molecule has 0 aliphatic carbocycles. The summed E-state index contributed by atoms with van der Waals surface area (Å²) in [6, 6.07) is 15.3. The predicted molar refractivity (Wildman–Crippen MR) is 107 cm³/mol. The van der Waals surface area contributed by atoms with Gasteiger partial charge in [-0.2, -0.15) is 0 Å². The SMILES string of the molecule is Cc1ccc(C(=O)C2C(O)=CN(CCO)C2c2ccc(C(C)C)cc2)cc1. The van der Waals surface area contributed by atoms with Crippen molar-refractivity contribution < 1.29 is 15.0 Å². The van der Waals surface area contributed by atoms with Crippen molar-refractivity contribution in [3.05, 3.63) is 82.7 Å². The van der Waals surface area contributed by atoms with Crippen LogP contribution in [0.4, 0.5) is 0 Å². The molecular weight excluding hydrogens is 338 g/mol. The van der Waals surface area contributed by atoms with Crippen molar-refractivity contribution in [1.29, 1.82) is 0 Å². The molecule has 0 radical (unpaired) electrons. The fourth-order valence-electron chi connectivity index (χ4n) is 3.64. The van der Waals surface area contributed by atoms with Gasteiger partial charge >= 0.3 is 0 Å². The highest BCUT2D eigenvalue weighted by Crippen LogP contribution is 2.40. The number of carbonyl (C=O) groups is 1. The van der Waals surface area contributed by atoms with Gasteiger partial charge in [-0.25, -0.2) is 0 Å². The van der Waals surface area contributed by atoms with Gasteiger partial charge in [0.1, 0.15) is 11.7 Å². The van der Waals surface area contributed by atoms with Crippen molar-refractivity contribution in [2.75, 3.05) is 13.2 Å². The van der Waals surface area contributed by atoms with Gasteiger partial charge in [0.15, 0.2) is 5.78 Å². The Kier molecular flexibility index (Phi) is 5.66. The summed E-state index contributed by atoms with van der Waals surface area (Å²) >= 11 is 0. The molecule has 2 aromatic rings. The van der Waals surface area contributed by atoms with Gasteiger partial charge in [0.25, 0.3) is 0 Å². The molecule has 2 atom stereocenters. The molecule has 2 aromatic carbocycles. The molecule has 0 saturated carbocycles. The van der Waals surface area contributed by atoms with Crippen LogP contribution < -0.4 is 0 Å². The van der Waals surface area contributed by atoms with Crippen molar-refractivity contribution in [1.82, 2.24) is 4.90 Å². The van der Waals surface area contributed by atoms with Crippen LogP contribution in [0.25, 0.3) is 0 Å². The summed E-state index contributed by atoms with van der Waals surface area (Å²) in [7, 11) is 0. The summed E-state index contributed by atoms with van der Waals surface area (Å²) in [5, 5.41) is 20.0. The topological polar surface area (TPSA) is 60.8 Å². The molecule has 27 heavy (non-hydrogen) atoms. The van der Waals surface area contributed by atoms with Crippen molar-refractivity contribution >= 4 is 5.78 Å². The van der Waals surface area contributed by atoms with E-state index in [1.807, 2.05) is 36.1 Å². The Morgan fingerprint density at radius 3 is 2.26 bits per heavy atom. The molecule has 4 nitrogen and oxygen atoms in total. The zero-order valence-electron chi connectivity index (χ0n) is 16.1. The van der Waals surface area contributed by atoms with E-state index < -0.39 is 5.92 Å². The molecule has 0 spiro atoms. The lowest BCUT2D eigenvalue weighted by Gasteiger charge is -2.29. The van der Waals surface area contributed by atoms with Gasteiger partial charge in [-0.15, -0.1) is 0 Å². The Morgan fingerprint density at radius 1 is 1.07 bits per heavy atom. The molecule has 0 saturated heterocycles. The monoisotopic (exact) mass is 365 g/mol. The highest BCUT2D eigenvalue weighted by Gasteiger charge is 2.41. The Labute approximate surface area is 160 Å². The lowest BCUT2D eigenvalue weighted by molar-refractivity contribution is 0.0855. The average molecular weight is 365 g/mol. The number of carbonyl (C=O) groups excluding carboxylic acids is 1. The second kappa shape index (κ2) is 7.97. The number of rotatable bonds is 6. The van der Waals surface area contributed by atoms with Gasteiger partial charge in [0, 0.05) is 18.3 Å². The molecule has 1 heterocycles. The molecule has 1 aliphatic heterocycles. The smallest absolute Gasteiger partial charge is 0.175 e. The number of hydrogen-bond acceptors (Lipinski definition) is 4. The van der Waals surface area contributed by atoms with E-state index in [4.69, 9.17) is 0 Å². The maximum absolute atomic E-state index is 13.2. The highest BCUT2D eigenvalue weighted by molar-refractivity contribution is 6.00. The zero-order valence-corrected chi connectivity index (χ0v) is 16.1. The molecule has 4 heteroatoms. The van der Waals surface area contributed by atoms with E-state index in [1.165, 1.54) is 5.56 Å². The first-order valence-corrected chi connectivity index (χ1v) is 9.40. The number of hydrogen-bond donors (Lipinski definition) is 2. The van der Waals surface area contributed by atoms with Crippen molar-refractivity contribution in [2.24, 2.45) is 5.92 Å². The van der Waals surface area contributed by atoms with Crippen LogP contribution in [0.3, 0.4) is 0 Å². The summed E-state index contributed by atoms with van der Waals surface area (Å²) < 4.78 is 0. The average Bonchev–Trinajstić information content (AvgIpc) is 2.98. The molecule has 0 aromatic heterocycles. The molecule has 0 fully saturated rings. The lowest BCUT2D eigenvalue weighted by Crippen LogP contribution is -2.31. The third-order valence-corrected chi connectivity index (χ3v) is 5.21. The molecule has 2 unspecified atom stereocenters. The minimum Gasteiger partial charge on any atom is -0.510 e. The second-order valence-electron chi connectivity index (χ2n) is 7.49. The summed E-state index contributed by atoms with van der Waals surface area (Å²) in [5.74, 6) is -0.314. The molecule has 0 amide bonds. The Morgan fingerprint density at radius 2 is 1.70 bits per heavy atom. The molecular formula is C23H27NO3. The Hall–Kier alpha value is -2.59. The maximum Gasteiger partial charge on any atom is 0.175 e. The van der Waals surface area contributed by atoms with Crippen LogP contribution in [-0.2, 0) is 0 Å². The van der Waals surface area contributed by atoms with Gasteiger partial charge in [-0.05, 0) is 24.0 Å². The number of aliphatic hydroxyl groups excluding tert-OH is 2. The first-order valence-electron chi connectivity index (χ1n) is 9.40. The zero-order chi connectivity index (χ0) is 19.6. The van der Waals surface area contributed by atoms with Crippen LogP contribution in [0.2, 0.25) is 0 Å². The minimum absolute atomic E-state index is 0.0458. The fourth-order valence-corrected chi connectivity index (χ4v) is 3.64. The van der Waals surface area contributed by atoms with Crippen LogP contribution in [-0.4, -0.2) is 34.0 Å². The first-order chi connectivity index (χ1) is 12.9. The number of β-amino-alcohol motifs (C(OH)–C–C–N with tert-alkyl or cyclic N) is 1. The number of benzene rings is 2. The Balaban J connectivity index is 1.97. The number of Topliss-reactive ketones (excluding diaryl/α,β-unsaturated/α-hetero) is 1. The van der Waals surface area contributed by atoms with Crippen molar-refractivity contribution in [3.63, 3.8) is 0 Å². The lowest BCUT2D eigenvalue weighted by atomic mass is 9.86. The minimum atomic E-state index is -0.677. The molecule has 1 aliphatic rings. The predicted octanol–water partition coefficient (Wildman–Crippen LogP) is 4.37. The highest BCUT2D eigenvalue weighted by atomic mass is 16.3. The summed E-state index contributed by atoms with van der Waals surface area (Å²) in [5.41, 5.74) is 3.85. The van der Waals surface area contributed by atoms with Gasteiger partial charge in [-0.1, -0.05) is 67.9 Å². The Bertz CT molecular complexity index is 822. The van der Waals surface area contributed by atoms with E-state index in [-0.39, 0.29) is 24.2 Å². The van der Waals surface area contributed by atoms with Gasteiger partial charge in [0.05, 0.1) is 12.6 Å². The molecule has 0 bridgehead atoms. The van der Waals surface area contributed by atoms with E-state index in [2.05, 4.69) is 26.0 Å². The summed E-state index contributed by atoms with van der Waals surface area (Å²) in [6.45, 7) is 6.57. The van der Waals surface area contributed by atoms with Crippen LogP contribution in [0.15, 0.2) is 60.5 Å². The largest absolute Gasteiger partial charge is 0.510 e. The van der Waals surface area contributed by atoms with Crippen molar-refractivity contribution in [2.45, 2.75) is 32.7 Å². The van der Waals surface area contributed by atoms with Gasteiger partial charge in [0.2, 0.25) is 0 Å². The second-order valence-corrected chi connectivity index (χ2v) is 7.49. The molecule has 142 valence electrons. The van der Waals surface area contributed by atoms with E-state index in [9.17, 15) is 15.0 Å². The van der Waals surface area contributed by atoms with E-state index in [1.54, 1.807) is 18.3 Å². The first kappa shape index (κ1) is 19.2. The van der Waals surface area contributed by atoms with E-state index >= 15 is 0 Å². The normalized spacial score (nSPS) is 19.4. The summed E-state index contributed by atoms with van der Waals surface area (Å²) in [6.07, 6.45) is 1.59. The van der Waals surface area contributed by atoms with Crippen LogP contribution >= 0.6 is 0 Å². The number of aliphatic hydroxyl groups is 2. The number of aryl methyl sites for hydroxylation is 1. The fraction of sp³-hybridized carbons (Fsp3) is 0.348. The van der Waals surface area contributed by atoms with E-state index in [0.29, 0.717) is 18.0 Å². The summed E-state index contributed by atoms with van der Waals surface area (Å²) in [4.78, 5) is 15.0. The van der Waals surface area contributed by atoms with Crippen molar-refractivity contribution in [3.8, 4) is 0 Å². The van der Waals surface area contributed by atoms with Gasteiger partial charge < -0.3 is 15.1 Å². The molecule has 3 rings (SSSR count). The van der Waals surface area contributed by atoms with Crippen LogP contribution in [0, 0.1) is 12.8 Å². The third-order valence-electron chi connectivity index (χ3n) is 5.21. The third kappa shape index (κ3) is 3.91. The number of nitrogens with zero attached hydrogens (tertiary/aromatic N) is 1. The quantitative estimate of drug-likeness (QED) is 0.747.